The predicted molar refractivity (Wildman–Crippen MR) is 58.2 cm³/mol. The van der Waals surface area contributed by atoms with Crippen molar-refractivity contribution < 1.29 is 9.90 Å². The van der Waals surface area contributed by atoms with Gasteiger partial charge in [-0.2, -0.15) is 0 Å². The number of aromatic nitrogens is 1. The van der Waals surface area contributed by atoms with Crippen molar-refractivity contribution in [2.75, 3.05) is 0 Å². The molecule has 0 bridgehead atoms. The summed E-state index contributed by atoms with van der Waals surface area (Å²) in [5.74, 6) is -0.149. The van der Waals surface area contributed by atoms with Gasteiger partial charge in [-0.25, -0.2) is 0 Å². The highest BCUT2D eigenvalue weighted by Gasteiger charge is 2.26. The second-order valence-corrected chi connectivity index (χ2v) is 4.34. The largest absolute Gasteiger partial charge is 0.385 e. The van der Waals surface area contributed by atoms with E-state index >= 15 is 0 Å². The van der Waals surface area contributed by atoms with Crippen molar-refractivity contribution in [1.29, 1.82) is 0 Å². The van der Waals surface area contributed by atoms with Crippen LogP contribution < -0.4 is 0 Å². The molecule has 0 saturated carbocycles. The van der Waals surface area contributed by atoms with Crippen molar-refractivity contribution >= 4 is 5.78 Å². The molecule has 1 unspecified atom stereocenters. The molecule has 0 aliphatic carbocycles. The van der Waals surface area contributed by atoms with Crippen LogP contribution in [0, 0.1) is 13.8 Å². The molecule has 3 heteroatoms. The molecule has 2 heterocycles. The Morgan fingerprint density at radius 2 is 2.07 bits per heavy atom. The van der Waals surface area contributed by atoms with Crippen LogP contribution in [-0.4, -0.2) is 21.6 Å². The van der Waals surface area contributed by atoms with Crippen LogP contribution in [0.15, 0.2) is 0 Å². The monoisotopic (exact) mass is 207 g/mol. The number of hydrogen-bond donors (Lipinski definition) is 1. The summed E-state index contributed by atoms with van der Waals surface area (Å²) in [7, 11) is 0. The Labute approximate surface area is 89.7 Å². The number of rotatable bonds is 2. The van der Waals surface area contributed by atoms with Gasteiger partial charge in [0, 0.05) is 12.2 Å². The quantitative estimate of drug-likeness (QED) is 0.749. The van der Waals surface area contributed by atoms with E-state index in [-0.39, 0.29) is 5.78 Å². The maximum Gasteiger partial charge on any atom is 0.207 e. The van der Waals surface area contributed by atoms with E-state index in [2.05, 4.69) is 11.5 Å². The van der Waals surface area contributed by atoms with Crippen LogP contribution in [0.4, 0.5) is 0 Å². The van der Waals surface area contributed by atoms with Gasteiger partial charge in [-0.05, 0) is 44.7 Å². The van der Waals surface area contributed by atoms with Crippen LogP contribution in [0.2, 0.25) is 0 Å². The SMILES string of the molecule is Cc1c(C)c(C(=O)C(C)O)n2c1CCC2. The molecular weight excluding hydrogens is 190 g/mol. The summed E-state index contributed by atoms with van der Waals surface area (Å²) < 4.78 is 2.08. The first-order valence-electron chi connectivity index (χ1n) is 5.45. The molecule has 0 spiro atoms. The summed E-state index contributed by atoms with van der Waals surface area (Å²) in [6, 6.07) is 0. The highest BCUT2D eigenvalue weighted by atomic mass is 16.3. The second-order valence-electron chi connectivity index (χ2n) is 4.34. The van der Waals surface area contributed by atoms with Gasteiger partial charge in [0.1, 0.15) is 6.10 Å². The molecule has 1 aromatic rings. The van der Waals surface area contributed by atoms with Crippen molar-refractivity contribution in [3.05, 3.63) is 22.5 Å². The third-order valence-corrected chi connectivity index (χ3v) is 3.35. The van der Waals surface area contributed by atoms with Crippen molar-refractivity contribution in [2.24, 2.45) is 0 Å². The predicted octanol–water partition coefficient (Wildman–Crippen LogP) is 1.61. The molecule has 3 nitrogen and oxygen atoms in total. The van der Waals surface area contributed by atoms with E-state index in [1.54, 1.807) is 0 Å². The van der Waals surface area contributed by atoms with Gasteiger partial charge in [-0.3, -0.25) is 4.79 Å². The number of aliphatic hydroxyl groups is 1. The molecule has 1 atom stereocenters. The first kappa shape index (κ1) is 10.4. The van der Waals surface area contributed by atoms with E-state index in [4.69, 9.17) is 0 Å². The van der Waals surface area contributed by atoms with E-state index in [0.717, 1.165) is 30.6 Å². The van der Waals surface area contributed by atoms with E-state index < -0.39 is 6.10 Å². The van der Waals surface area contributed by atoms with E-state index in [1.807, 2.05) is 6.92 Å². The minimum Gasteiger partial charge on any atom is -0.385 e. The standard InChI is InChI=1S/C12H17NO2/c1-7-8(2)11(12(15)9(3)14)13-6-4-5-10(7)13/h9,14H,4-6H2,1-3H3. The summed E-state index contributed by atoms with van der Waals surface area (Å²) in [5.41, 5.74) is 4.25. The lowest BCUT2D eigenvalue weighted by Crippen LogP contribution is -2.20. The molecule has 0 fully saturated rings. The Balaban J connectivity index is 2.57. The van der Waals surface area contributed by atoms with E-state index in [0.29, 0.717) is 0 Å². The van der Waals surface area contributed by atoms with Gasteiger partial charge in [-0.1, -0.05) is 0 Å². The lowest BCUT2D eigenvalue weighted by atomic mass is 10.1. The third-order valence-electron chi connectivity index (χ3n) is 3.35. The van der Waals surface area contributed by atoms with Gasteiger partial charge >= 0.3 is 0 Å². The van der Waals surface area contributed by atoms with E-state index in [9.17, 15) is 9.90 Å². The smallest absolute Gasteiger partial charge is 0.207 e. The van der Waals surface area contributed by atoms with Crippen LogP contribution in [0.5, 0.6) is 0 Å². The summed E-state index contributed by atoms with van der Waals surface area (Å²) in [6.45, 7) is 6.48. The summed E-state index contributed by atoms with van der Waals surface area (Å²) in [4.78, 5) is 11.9. The summed E-state index contributed by atoms with van der Waals surface area (Å²) >= 11 is 0. The minimum absolute atomic E-state index is 0.149. The first-order valence-corrected chi connectivity index (χ1v) is 5.45. The molecular formula is C12H17NO2. The normalized spacial score (nSPS) is 16.5. The fraction of sp³-hybridized carbons (Fsp3) is 0.583. The average molecular weight is 207 g/mol. The molecule has 1 N–H and O–H groups in total. The molecule has 0 saturated heterocycles. The molecule has 2 rings (SSSR count). The molecule has 82 valence electrons. The maximum absolute atomic E-state index is 11.9. The molecule has 0 radical (unpaired) electrons. The zero-order chi connectivity index (χ0) is 11.2. The number of aliphatic hydroxyl groups excluding tert-OH is 1. The average Bonchev–Trinajstić information content (AvgIpc) is 2.72. The molecule has 1 aliphatic heterocycles. The summed E-state index contributed by atoms with van der Waals surface area (Å²) in [6.07, 6.45) is 1.26. The molecule has 0 aromatic carbocycles. The fourth-order valence-corrected chi connectivity index (χ4v) is 2.42. The zero-order valence-electron chi connectivity index (χ0n) is 9.50. The van der Waals surface area contributed by atoms with Crippen molar-refractivity contribution in [3.63, 3.8) is 0 Å². The Morgan fingerprint density at radius 3 is 2.67 bits per heavy atom. The number of carbonyl (C=O) groups is 1. The minimum atomic E-state index is -0.900. The third kappa shape index (κ3) is 1.42. The van der Waals surface area contributed by atoms with Gasteiger partial charge in [0.05, 0.1) is 5.69 Å². The van der Waals surface area contributed by atoms with Crippen molar-refractivity contribution in [2.45, 2.75) is 46.3 Å². The van der Waals surface area contributed by atoms with Crippen LogP contribution in [-0.2, 0) is 13.0 Å². The van der Waals surface area contributed by atoms with Gasteiger partial charge in [-0.15, -0.1) is 0 Å². The summed E-state index contributed by atoms with van der Waals surface area (Å²) in [5, 5.41) is 9.38. The number of carbonyl (C=O) groups excluding carboxylic acids is 1. The number of nitrogens with zero attached hydrogens (tertiary/aromatic N) is 1. The second kappa shape index (κ2) is 3.49. The first-order chi connectivity index (χ1) is 7.04. The van der Waals surface area contributed by atoms with Crippen molar-refractivity contribution in [3.8, 4) is 0 Å². The number of hydrogen-bond acceptors (Lipinski definition) is 2. The lowest BCUT2D eigenvalue weighted by Gasteiger charge is -2.08. The Hall–Kier alpha value is -1.09. The number of Topliss-reactive ketones (excluding diaryl/α,β-unsaturated/α-hetero) is 1. The molecule has 0 amide bonds. The molecule has 1 aliphatic rings. The van der Waals surface area contributed by atoms with Gasteiger partial charge in [0.15, 0.2) is 0 Å². The topological polar surface area (TPSA) is 42.2 Å². The Kier molecular flexibility index (Phi) is 2.43. The number of ketones is 1. The van der Waals surface area contributed by atoms with Crippen LogP contribution >= 0.6 is 0 Å². The highest BCUT2D eigenvalue weighted by Crippen LogP contribution is 2.28. The molecule has 15 heavy (non-hydrogen) atoms. The van der Waals surface area contributed by atoms with Gasteiger partial charge < -0.3 is 9.67 Å². The lowest BCUT2D eigenvalue weighted by molar-refractivity contribution is 0.0769. The zero-order valence-corrected chi connectivity index (χ0v) is 9.50. The van der Waals surface area contributed by atoms with Crippen LogP contribution in [0.3, 0.4) is 0 Å². The highest BCUT2D eigenvalue weighted by molar-refractivity contribution is 5.99. The number of fused-ring (bicyclic) bond motifs is 1. The van der Waals surface area contributed by atoms with Crippen molar-refractivity contribution in [1.82, 2.24) is 4.57 Å². The van der Waals surface area contributed by atoms with Gasteiger partial charge in [0.2, 0.25) is 5.78 Å². The van der Waals surface area contributed by atoms with Gasteiger partial charge in [0.25, 0.3) is 0 Å². The van der Waals surface area contributed by atoms with Crippen LogP contribution in [0.1, 0.15) is 40.7 Å². The Bertz CT molecular complexity index is 416. The van der Waals surface area contributed by atoms with E-state index in [1.165, 1.54) is 18.2 Å². The Morgan fingerprint density at radius 1 is 1.40 bits per heavy atom. The fourth-order valence-electron chi connectivity index (χ4n) is 2.42. The molecule has 1 aromatic heterocycles. The maximum atomic E-state index is 11.9. The van der Waals surface area contributed by atoms with Crippen LogP contribution in [0.25, 0.3) is 0 Å².